The monoisotopic (exact) mass is 330 g/mol. The van der Waals surface area contributed by atoms with Crippen LogP contribution in [0.2, 0.25) is 0 Å². The summed E-state index contributed by atoms with van der Waals surface area (Å²) in [6.45, 7) is 0.0292. The van der Waals surface area contributed by atoms with Gasteiger partial charge < -0.3 is 15.4 Å². The van der Waals surface area contributed by atoms with E-state index in [1.165, 1.54) is 36.4 Å². The second kappa shape index (κ2) is 6.80. The maximum atomic E-state index is 13.2. The SMILES string of the molecule is O=C(Cc1c[nH]c2cc(F)ccc12)NCC(O)c1ccc(F)cc1. The Labute approximate surface area is 137 Å². The molecule has 0 aliphatic heterocycles. The summed E-state index contributed by atoms with van der Waals surface area (Å²) < 4.78 is 26.0. The number of carbonyl (C=O) groups excluding carboxylic acids is 1. The number of nitrogens with one attached hydrogen (secondary N) is 2. The molecule has 0 radical (unpaired) electrons. The smallest absolute Gasteiger partial charge is 0.224 e. The molecular formula is C18H16F2N2O2. The molecule has 3 rings (SSSR count). The Balaban J connectivity index is 1.59. The van der Waals surface area contributed by atoms with Gasteiger partial charge in [0.05, 0.1) is 12.5 Å². The standard InChI is InChI=1S/C18H16F2N2O2/c19-13-3-1-11(2-4-13)17(23)10-22-18(24)7-12-9-21-16-8-14(20)5-6-15(12)16/h1-6,8-9,17,21,23H,7,10H2,(H,22,24). The minimum Gasteiger partial charge on any atom is -0.387 e. The van der Waals surface area contributed by atoms with Crippen LogP contribution in [0.1, 0.15) is 17.2 Å². The third-order valence-corrected chi connectivity index (χ3v) is 3.83. The molecule has 1 unspecified atom stereocenters. The van der Waals surface area contributed by atoms with E-state index in [9.17, 15) is 18.7 Å². The van der Waals surface area contributed by atoms with Gasteiger partial charge in [0.25, 0.3) is 0 Å². The average Bonchev–Trinajstić information content (AvgIpc) is 2.95. The van der Waals surface area contributed by atoms with E-state index in [1.807, 2.05) is 0 Å². The van der Waals surface area contributed by atoms with Crippen molar-refractivity contribution in [2.45, 2.75) is 12.5 Å². The van der Waals surface area contributed by atoms with Crippen molar-refractivity contribution in [3.63, 3.8) is 0 Å². The minimum absolute atomic E-state index is 0.0292. The lowest BCUT2D eigenvalue weighted by Gasteiger charge is -2.12. The summed E-state index contributed by atoms with van der Waals surface area (Å²) in [5.74, 6) is -0.991. The van der Waals surface area contributed by atoms with Crippen LogP contribution in [0.25, 0.3) is 10.9 Å². The van der Waals surface area contributed by atoms with Gasteiger partial charge in [0.2, 0.25) is 5.91 Å². The van der Waals surface area contributed by atoms with E-state index in [4.69, 9.17) is 0 Å². The fraction of sp³-hybridized carbons (Fsp3) is 0.167. The van der Waals surface area contributed by atoms with E-state index >= 15 is 0 Å². The quantitative estimate of drug-likeness (QED) is 0.673. The Morgan fingerprint density at radius 2 is 1.83 bits per heavy atom. The average molecular weight is 330 g/mol. The molecule has 2 aromatic carbocycles. The molecular weight excluding hydrogens is 314 g/mol. The number of benzene rings is 2. The molecule has 0 aliphatic rings. The molecule has 1 aromatic heterocycles. The van der Waals surface area contributed by atoms with Gasteiger partial charge in [-0.05, 0) is 41.5 Å². The summed E-state index contributed by atoms with van der Waals surface area (Å²) >= 11 is 0. The van der Waals surface area contributed by atoms with Crippen LogP contribution in [-0.2, 0) is 11.2 Å². The second-order valence-corrected chi connectivity index (χ2v) is 5.55. The molecule has 124 valence electrons. The highest BCUT2D eigenvalue weighted by Gasteiger charge is 2.12. The van der Waals surface area contributed by atoms with Gasteiger partial charge in [-0.25, -0.2) is 8.78 Å². The van der Waals surface area contributed by atoms with Gasteiger partial charge in [0.15, 0.2) is 0 Å². The number of H-pyrrole nitrogens is 1. The largest absolute Gasteiger partial charge is 0.387 e. The number of rotatable bonds is 5. The van der Waals surface area contributed by atoms with Gasteiger partial charge in [0.1, 0.15) is 11.6 Å². The molecule has 0 fully saturated rings. The topological polar surface area (TPSA) is 65.1 Å². The lowest BCUT2D eigenvalue weighted by Crippen LogP contribution is -2.29. The third kappa shape index (κ3) is 3.60. The zero-order valence-corrected chi connectivity index (χ0v) is 12.7. The summed E-state index contributed by atoms with van der Waals surface area (Å²) in [7, 11) is 0. The molecule has 0 saturated heterocycles. The van der Waals surface area contributed by atoms with Crippen LogP contribution in [0.3, 0.4) is 0 Å². The van der Waals surface area contributed by atoms with Gasteiger partial charge in [-0.2, -0.15) is 0 Å². The van der Waals surface area contributed by atoms with Crippen LogP contribution in [0.15, 0.2) is 48.7 Å². The second-order valence-electron chi connectivity index (χ2n) is 5.55. The normalized spacial score (nSPS) is 12.3. The number of aromatic amines is 1. The van der Waals surface area contributed by atoms with Crippen molar-refractivity contribution in [2.24, 2.45) is 0 Å². The number of halogens is 2. The van der Waals surface area contributed by atoms with Crippen molar-refractivity contribution in [1.29, 1.82) is 0 Å². The molecule has 1 amide bonds. The van der Waals surface area contributed by atoms with Crippen molar-refractivity contribution < 1.29 is 18.7 Å². The van der Waals surface area contributed by atoms with Crippen LogP contribution in [0, 0.1) is 11.6 Å². The summed E-state index contributed by atoms with van der Waals surface area (Å²) in [4.78, 5) is 15.0. The number of aliphatic hydroxyl groups excluding tert-OH is 1. The van der Waals surface area contributed by atoms with Crippen molar-refractivity contribution >= 4 is 16.8 Å². The van der Waals surface area contributed by atoms with Crippen molar-refractivity contribution in [3.8, 4) is 0 Å². The predicted molar refractivity (Wildman–Crippen MR) is 86.3 cm³/mol. The van der Waals surface area contributed by atoms with E-state index in [0.717, 1.165) is 10.9 Å². The Morgan fingerprint density at radius 3 is 2.58 bits per heavy atom. The first-order valence-electron chi connectivity index (χ1n) is 7.48. The Kier molecular flexibility index (Phi) is 4.57. The molecule has 0 spiro atoms. The molecule has 24 heavy (non-hydrogen) atoms. The number of aromatic nitrogens is 1. The fourth-order valence-electron chi connectivity index (χ4n) is 2.55. The Hall–Kier alpha value is -2.73. The Bertz CT molecular complexity index is 859. The summed E-state index contributed by atoms with van der Waals surface area (Å²) in [6.07, 6.45) is 0.869. The highest BCUT2D eigenvalue weighted by atomic mass is 19.1. The molecule has 0 saturated carbocycles. The van der Waals surface area contributed by atoms with E-state index in [2.05, 4.69) is 10.3 Å². The first-order chi connectivity index (χ1) is 11.5. The van der Waals surface area contributed by atoms with E-state index in [1.54, 1.807) is 12.3 Å². The zero-order valence-electron chi connectivity index (χ0n) is 12.7. The Morgan fingerprint density at radius 1 is 1.12 bits per heavy atom. The molecule has 0 bridgehead atoms. The predicted octanol–water partition coefficient (Wildman–Crippen LogP) is 2.84. The van der Waals surface area contributed by atoms with Gasteiger partial charge in [-0.3, -0.25) is 4.79 Å². The third-order valence-electron chi connectivity index (χ3n) is 3.83. The first kappa shape index (κ1) is 16.1. The number of hydrogen-bond acceptors (Lipinski definition) is 2. The minimum atomic E-state index is -0.911. The van der Waals surface area contributed by atoms with E-state index in [-0.39, 0.29) is 30.5 Å². The molecule has 6 heteroatoms. The molecule has 3 N–H and O–H groups in total. The van der Waals surface area contributed by atoms with E-state index in [0.29, 0.717) is 11.1 Å². The lowest BCUT2D eigenvalue weighted by molar-refractivity contribution is -0.120. The van der Waals surface area contributed by atoms with Crippen molar-refractivity contribution in [2.75, 3.05) is 6.54 Å². The molecule has 1 atom stereocenters. The van der Waals surface area contributed by atoms with Crippen LogP contribution in [-0.4, -0.2) is 22.5 Å². The summed E-state index contributed by atoms with van der Waals surface area (Å²) in [6, 6.07) is 9.79. The number of hydrogen-bond donors (Lipinski definition) is 3. The van der Waals surface area contributed by atoms with Crippen LogP contribution >= 0.6 is 0 Å². The maximum absolute atomic E-state index is 13.2. The van der Waals surface area contributed by atoms with Crippen LogP contribution < -0.4 is 5.32 Å². The number of fused-ring (bicyclic) bond motifs is 1. The van der Waals surface area contributed by atoms with Gasteiger partial charge >= 0.3 is 0 Å². The van der Waals surface area contributed by atoms with Crippen LogP contribution in [0.5, 0.6) is 0 Å². The highest BCUT2D eigenvalue weighted by molar-refractivity contribution is 5.88. The van der Waals surface area contributed by atoms with Crippen molar-refractivity contribution in [1.82, 2.24) is 10.3 Å². The zero-order chi connectivity index (χ0) is 17.1. The van der Waals surface area contributed by atoms with Crippen molar-refractivity contribution in [3.05, 3.63) is 71.4 Å². The molecule has 3 aromatic rings. The number of amides is 1. The number of aliphatic hydroxyl groups is 1. The summed E-state index contributed by atoms with van der Waals surface area (Å²) in [5, 5.41) is 13.4. The molecule has 0 aliphatic carbocycles. The molecule has 1 heterocycles. The van der Waals surface area contributed by atoms with E-state index < -0.39 is 6.10 Å². The first-order valence-corrected chi connectivity index (χ1v) is 7.48. The fourth-order valence-corrected chi connectivity index (χ4v) is 2.55. The summed E-state index contributed by atoms with van der Waals surface area (Å²) in [5.41, 5.74) is 1.90. The number of carbonyl (C=O) groups is 1. The lowest BCUT2D eigenvalue weighted by atomic mass is 10.1. The van der Waals surface area contributed by atoms with Gasteiger partial charge in [0, 0.05) is 23.6 Å². The van der Waals surface area contributed by atoms with Gasteiger partial charge in [-0.1, -0.05) is 12.1 Å². The van der Waals surface area contributed by atoms with Gasteiger partial charge in [-0.15, -0.1) is 0 Å². The highest BCUT2D eigenvalue weighted by Crippen LogP contribution is 2.19. The molecule has 4 nitrogen and oxygen atoms in total. The maximum Gasteiger partial charge on any atom is 0.224 e. The van der Waals surface area contributed by atoms with Crippen LogP contribution in [0.4, 0.5) is 8.78 Å².